The van der Waals surface area contributed by atoms with Gasteiger partial charge >= 0.3 is 6.18 Å². The zero-order valence-corrected chi connectivity index (χ0v) is 23.3. The van der Waals surface area contributed by atoms with Gasteiger partial charge in [0.15, 0.2) is 0 Å². The Kier molecular flexibility index (Phi) is 5.74. The topological polar surface area (TPSA) is 47.6 Å². The maximum atomic E-state index is 13.3. The SMILES string of the molecule is CC1(C)c2cc(-c3ccc(C(F)(F)F)cc3)c3ccccc3c2-c2c1cc(-c1ccc(C#N)c(C#N)c1)c1ccccc21. The second kappa shape index (κ2) is 9.31. The molecule has 43 heavy (non-hydrogen) atoms. The van der Waals surface area contributed by atoms with Crippen molar-refractivity contribution >= 4 is 21.5 Å². The van der Waals surface area contributed by atoms with E-state index in [0.29, 0.717) is 11.1 Å². The highest BCUT2D eigenvalue weighted by Crippen LogP contribution is 2.56. The van der Waals surface area contributed by atoms with Gasteiger partial charge in [-0.1, -0.05) is 80.6 Å². The fraction of sp³-hybridized carbons (Fsp3) is 0.105. The van der Waals surface area contributed by atoms with Crippen molar-refractivity contribution in [2.24, 2.45) is 0 Å². The lowest BCUT2D eigenvalue weighted by Crippen LogP contribution is -2.15. The number of fused-ring (bicyclic) bond motifs is 7. The van der Waals surface area contributed by atoms with Crippen molar-refractivity contribution in [1.29, 1.82) is 10.5 Å². The molecule has 7 rings (SSSR count). The average molecular weight is 565 g/mol. The minimum Gasteiger partial charge on any atom is -0.192 e. The number of alkyl halides is 3. The van der Waals surface area contributed by atoms with E-state index in [4.69, 9.17) is 0 Å². The summed E-state index contributed by atoms with van der Waals surface area (Å²) in [4.78, 5) is 0. The molecule has 6 aromatic carbocycles. The summed E-state index contributed by atoms with van der Waals surface area (Å²) in [5.41, 5.74) is 7.53. The summed E-state index contributed by atoms with van der Waals surface area (Å²) in [6.07, 6.45) is -4.40. The van der Waals surface area contributed by atoms with Crippen LogP contribution in [0.25, 0.3) is 54.9 Å². The number of benzene rings is 6. The molecule has 0 heterocycles. The van der Waals surface area contributed by atoms with E-state index in [2.05, 4.69) is 56.3 Å². The Bertz CT molecular complexity index is 2210. The van der Waals surface area contributed by atoms with Crippen molar-refractivity contribution in [1.82, 2.24) is 0 Å². The fourth-order valence-electron chi connectivity index (χ4n) is 6.64. The van der Waals surface area contributed by atoms with E-state index < -0.39 is 17.2 Å². The first-order valence-electron chi connectivity index (χ1n) is 13.9. The average Bonchev–Trinajstić information content (AvgIpc) is 3.25. The van der Waals surface area contributed by atoms with Crippen LogP contribution in [-0.2, 0) is 11.6 Å². The van der Waals surface area contributed by atoms with Crippen LogP contribution >= 0.6 is 0 Å². The second-order valence-corrected chi connectivity index (χ2v) is 11.5. The van der Waals surface area contributed by atoms with E-state index in [9.17, 15) is 23.7 Å². The maximum absolute atomic E-state index is 13.3. The van der Waals surface area contributed by atoms with Gasteiger partial charge in [0.05, 0.1) is 16.7 Å². The molecule has 0 aromatic heterocycles. The molecule has 206 valence electrons. The van der Waals surface area contributed by atoms with E-state index in [0.717, 1.165) is 78.2 Å². The molecule has 0 bridgehead atoms. The number of rotatable bonds is 2. The van der Waals surface area contributed by atoms with E-state index in [1.54, 1.807) is 24.3 Å². The van der Waals surface area contributed by atoms with Crippen LogP contribution in [0.3, 0.4) is 0 Å². The summed E-state index contributed by atoms with van der Waals surface area (Å²) >= 11 is 0. The monoisotopic (exact) mass is 564 g/mol. The Morgan fingerprint density at radius 1 is 0.558 bits per heavy atom. The van der Waals surface area contributed by atoms with Gasteiger partial charge in [-0.15, -0.1) is 0 Å². The highest BCUT2D eigenvalue weighted by Gasteiger charge is 2.39. The molecule has 2 nitrogen and oxygen atoms in total. The summed E-state index contributed by atoms with van der Waals surface area (Å²) in [7, 11) is 0. The van der Waals surface area contributed by atoms with Gasteiger partial charge in [0.1, 0.15) is 12.1 Å². The molecule has 0 unspecified atom stereocenters. The molecule has 0 fully saturated rings. The minimum atomic E-state index is -4.40. The van der Waals surface area contributed by atoms with Gasteiger partial charge in [0.25, 0.3) is 0 Å². The quantitative estimate of drug-likeness (QED) is 0.210. The Balaban J connectivity index is 1.53. The Labute approximate surface area is 246 Å². The molecule has 0 saturated heterocycles. The lowest BCUT2D eigenvalue weighted by molar-refractivity contribution is -0.137. The highest BCUT2D eigenvalue weighted by atomic mass is 19.4. The molecular weight excluding hydrogens is 541 g/mol. The minimum absolute atomic E-state index is 0.333. The first-order chi connectivity index (χ1) is 20.6. The molecular formula is C38H23F3N2. The van der Waals surface area contributed by atoms with Gasteiger partial charge in [0.2, 0.25) is 0 Å². The third kappa shape index (κ3) is 3.93. The predicted octanol–water partition coefficient (Wildman–Crippen LogP) is 10.4. The first kappa shape index (κ1) is 26.5. The van der Waals surface area contributed by atoms with Crippen molar-refractivity contribution in [3.63, 3.8) is 0 Å². The van der Waals surface area contributed by atoms with E-state index >= 15 is 0 Å². The lowest BCUT2D eigenvalue weighted by Gasteiger charge is -2.24. The maximum Gasteiger partial charge on any atom is 0.416 e. The van der Waals surface area contributed by atoms with Gasteiger partial charge in [0, 0.05) is 5.41 Å². The number of halogens is 3. The molecule has 1 aliphatic rings. The second-order valence-electron chi connectivity index (χ2n) is 11.5. The zero-order chi connectivity index (χ0) is 30.1. The number of hydrogen-bond acceptors (Lipinski definition) is 2. The van der Waals surface area contributed by atoms with Gasteiger partial charge < -0.3 is 0 Å². The van der Waals surface area contributed by atoms with Gasteiger partial charge in [-0.3, -0.25) is 0 Å². The lowest BCUT2D eigenvalue weighted by atomic mass is 9.79. The molecule has 0 aliphatic heterocycles. The van der Waals surface area contributed by atoms with E-state index in [1.165, 1.54) is 0 Å². The number of nitriles is 2. The summed E-state index contributed by atoms with van der Waals surface area (Å²) in [5.74, 6) is 0. The van der Waals surface area contributed by atoms with Gasteiger partial charge in [-0.05, 0) is 102 Å². The molecule has 0 atom stereocenters. The molecule has 0 N–H and O–H groups in total. The molecule has 1 aliphatic carbocycles. The van der Waals surface area contributed by atoms with Crippen LogP contribution in [0.1, 0.15) is 41.7 Å². The largest absolute Gasteiger partial charge is 0.416 e. The van der Waals surface area contributed by atoms with Gasteiger partial charge in [-0.2, -0.15) is 23.7 Å². The molecule has 6 aromatic rings. The standard InChI is InChI=1S/C38H23F3N2/c1-37(2)33-18-31(22-13-15-26(16-14-22)38(39,40)41)27-7-3-5-9-29(27)35(33)36-30-10-6-4-8-28(30)32(19-34(36)37)23-11-12-24(20-42)25(17-23)21-43/h3-19H,1-2H3. The number of nitrogens with zero attached hydrogens (tertiary/aromatic N) is 2. The van der Waals surface area contributed by atoms with Crippen molar-refractivity contribution in [3.8, 4) is 45.5 Å². The number of hydrogen-bond donors (Lipinski definition) is 0. The summed E-state index contributed by atoms with van der Waals surface area (Å²) in [5, 5.41) is 23.3. The Morgan fingerprint density at radius 2 is 1.02 bits per heavy atom. The summed E-state index contributed by atoms with van der Waals surface area (Å²) in [6.45, 7) is 4.36. The predicted molar refractivity (Wildman–Crippen MR) is 164 cm³/mol. The van der Waals surface area contributed by atoms with Crippen LogP contribution in [0.4, 0.5) is 13.2 Å². The van der Waals surface area contributed by atoms with Crippen LogP contribution in [0, 0.1) is 22.7 Å². The Hall–Kier alpha value is -5.39. The summed E-state index contributed by atoms with van der Waals surface area (Å²) in [6, 6.07) is 35.7. The molecule has 5 heteroatoms. The molecule has 0 amide bonds. The van der Waals surface area contributed by atoms with Gasteiger partial charge in [-0.25, -0.2) is 0 Å². The highest BCUT2D eigenvalue weighted by molar-refractivity contribution is 6.16. The van der Waals surface area contributed by atoms with Crippen molar-refractivity contribution < 1.29 is 13.2 Å². The molecule has 0 saturated carbocycles. The Morgan fingerprint density at radius 3 is 1.51 bits per heavy atom. The van der Waals surface area contributed by atoms with Crippen molar-refractivity contribution in [3.05, 3.63) is 131 Å². The van der Waals surface area contributed by atoms with E-state index in [1.807, 2.05) is 36.4 Å². The van der Waals surface area contributed by atoms with E-state index in [-0.39, 0.29) is 0 Å². The van der Waals surface area contributed by atoms with Crippen LogP contribution in [-0.4, -0.2) is 0 Å². The normalized spacial score (nSPS) is 13.4. The van der Waals surface area contributed by atoms with Crippen LogP contribution in [0.15, 0.2) is 103 Å². The third-order valence-electron chi connectivity index (χ3n) is 8.78. The van der Waals surface area contributed by atoms with Crippen LogP contribution in [0.2, 0.25) is 0 Å². The smallest absolute Gasteiger partial charge is 0.192 e. The molecule has 0 radical (unpaired) electrons. The third-order valence-corrected chi connectivity index (χ3v) is 8.78. The van der Waals surface area contributed by atoms with Crippen LogP contribution in [0.5, 0.6) is 0 Å². The fourth-order valence-corrected chi connectivity index (χ4v) is 6.64. The summed E-state index contributed by atoms with van der Waals surface area (Å²) < 4.78 is 40.0. The van der Waals surface area contributed by atoms with Crippen LogP contribution < -0.4 is 0 Å². The zero-order valence-electron chi connectivity index (χ0n) is 23.3. The molecule has 0 spiro atoms. The van der Waals surface area contributed by atoms with Crippen molar-refractivity contribution in [2.75, 3.05) is 0 Å². The first-order valence-corrected chi connectivity index (χ1v) is 13.9. The van der Waals surface area contributed by atoms with Crippen molar-refractivity contribution in [2.45, 2.75) is 25.4 Å².